The fourth-order valence-corrected chi connectivity index (χ4v) is 5.61. The lowest BCUT2D eigenvalue weighted by Crippen LogP contribution is -1.97. The van der Waals surface area contributed by atoms with Gasteiger partial charge in [-0.1, -0.05) is 206 Å². The van der Waals surface area contributed by atoms with Crippen molar-refractivity contribution in [2.24, 2.45) is 0 Å². The smallest absolute Gasteiger partial charge is 0.0466 e. The molecule has 0 amide bonds. The third kappa shape index (κ3) is 36.0. The van der Waals surface area contributed by atoms with E-state index in [1.165, 1.54) is 205 Å². The first-order valence-electron chi connectivity index (χ1n) is 18.0. The zero-order valence-corrected chi connectivity index (χ0v) is 26.4. The second-order valence-corrected chi connectivity index (χ2v) is 12.2. The molecule has 0 aliphatic carbocycles. The normalized spacial score (nSPS) is 11.5. The predicted molar refractivity (Wildman–Crippen MR) is 170 cm³/mol. The van der Waals surface area contributed by atoms with Gasteiger partial charge in [0.25, 0.3) is 0 Å². The van der Waals surface area contributed by atoms with Crippen molar-refractivity contribution in [1.82, 2.24) is 0 Å². The van der Waals surface area contributed by atoms with E-state index in [1.807, 2.05) is 0 Å². The second kappa shape index (κ2) is 36.0. The van der Waals surface area contributed by atoms with Crippen molar-refractivity contribution >= 4 is 0 Å². The molecule has 0 rings (SSSR count). The summed E-state index contributed by atoms with van der Waals surface area (Å²) in [6, 6.07) is 0. The number of hydrogen-bond donors (Lipinski definition) is 0. The van der Waals surface area contributed by atoms with Crippen LogP contribution in [0.15, 0.2) is 0 Å². The molecule has 0 spiro atoms. The zero-order valence-electron chi connectivity index (χ0n) is 26.4. The first-order valence-corrected chi connectivity index (χ1v) is 18.0. The topological polar surface area (TPSA) is 9.23 Å². The Bertz CT molecular complexity index is 332. The molecule has 0 N–H and O–H groups in total. The highest BCUT2D eigenvalue weighted by Crippen LogP contribution is 2.15. The Morgan fingerprint density at radius 1 is 0.216 bits per heavy atom. The molecular formula is C36H74O. The van der Waals surface area contributed by atoms with Crippen LogP contribution in [0.1, 0.15) is 219 Å². The van der Waals surface area contributed by atoms with Crippen molar-refractivity contribution < 1.29 is 4.74 Å². The summed E-state index contributed by atoms with van der Waals surface area (Å²) in [6.45, 7) is 6.60. The molecule has 0 aromatic carbocycles. The Morgan fingerprint density at radius 3 is 0.568 bits per heavy atom. The van der Waals surface area contributed by atoms with E-state index < -0.39 is 0 Å². The lowest BCUT2D eigenvalue weighted by atomic mass is 10.0. The molecule has 0 atom stereocenters. The number of hydrogen-bond acceptors (Lipinski definition) is 1. The van der Waals surface area contributed by atoms with E-state index in [4.69, 9.17) is 4.74 Å². The Balaban J connectivity index is 3.00. The van der Waals surface area contributed by atoms with Crippen LogP contribution in [0.2, 0.25) is 0 Å². The van der Waals surface area contributed by atoms with Crippen LogP contribution in [0.25, 0.3) is 0 Å². The highest BCUT2D eigenvalue weighted by Gasteiger charge is 1.97. The average molecular weight is 523 g/mol. The van der Waals surface area contributed by atoms with E-state index in [2.05, 4.69) is 13.8 Å². The summed E-state index contributed by atoms with van der Waals surface area (Å²) in [6.07, 6.45) is 46.0. The van der Waals surface area contributed by atoms with Crippen LogP contribution >= 0.6 is 0 Å². The summed E-state index contributed by atoms with van der Waals surface area (Å²) < 4.78 is 5.87. The largest absolute Gasteiger partial charge is 0.381 e. The summed E-state index contributed by atoms with van der Waals surface area (Å²) in [7, 11) is 0. The molecule has 0 radical (unpaired) electrons. The summed E-state index contributed by atoms with van der Waals surface area (Å²) in [5.41, 5.74) is 0. The zero-order chi connectivity index (χ0) is 26.7. The van der Waals surface area contributed by atoms with Gasteiger partial charge >= 0.3 is 0 Å². The van der Waals surface area contributed by atoms with Crippen molar-refractivity contribution in [3.8, 4) is 0 Å². The van der Waals surface area contributed by atoms with E-state index in [0.29, 0.717) is 0 Å². The van der Waals surface area contributed by atoms with Crippen LogP contribution in [-0.2, 0) is 4.74 Å². The van der Waals surface area contributed by atoms with Gasteiger partial charge in [-0.2, -0.15) is 0 Å². The van der Waals surface area contributed by atoms with Crippen molar-refractivity contribution in [2.45, 2.75) is 219 Å². The Kier molecular flexibility index (Phi) is 35.9. The van der Waals surface area contributed by atoms with E-state index in [9.17, 15) is 0 Å². The maximum Gasteiger partial charge on any atom is 0.0466 e. The molecule has 37 heavy (non-hydrogen) atoms. The molecular weight excluding hydrogens is 448 g/mol. The van der Waals surface area contributed by atoms with Crippen LogP contribution in [0.3, 0.4) is 0 Å². The maximum absolute atomic E-state index is 5.87. The fourth-order valence-electron chi connectivity index (χ4n) is 5.61. The number of rotatable bonds is 34. The monoisotopic (exact) mass is 523 g/mol. The molecule has 1 nitrogen and oxygen atoms in total. The predicted octanol–water partition coefficient (Wildman–Crippen LogP) is 13.5. The molecule has 0 heterocycles. The van der Waals surface area contributed by atoms with Crippen LogP contribution in [0.5, 0.6) is 0 Å². The SMILES string of the molecule is CCCCCCCCCCCCCCCCCCCCOCCCCCCCCCCCCCCCC. The van der Waals surface area contributed by atoms with E-state index in [0.717, 1.165) is 13.2 Å². The number of ether oxygens (including phenoxy) is 1. The minimum absolute atomic E-state index is 0.997. The van der Waals surface area contributed by atoms with Crippen LogP contribution < -0.4 is 0 Å². The molecule has 1 heteroatoms. The molecule has 0 unspecified atom stereocenters. The van der Waals surface area contributed by atoms with Gasteiger partial charge in [0.2, 0.25) is 0 Å². The molecule has 0 aliphatic heterocycles. The highest BCUT2D eigenvalue weighted by atomic mass is 16.5. The lowest BCUT2D eigenvalue weighted by molar-refractivity contribution is 0.125. The van der Waals surface area contributed by atoms with Gasteiger partial charge in [0.15, 0.2) is 0 Å². The van der Waals surface area contributed by atoms with Gasteiger partial charge in [0.1, 0.15) is 0 Å². The quantitative estimate of drug-likeness (QED) is 0.0763. The first kappa shape index (κ1) is 37.0. The second-order valence-electron chi connectivity index (χ2n) is 12.2. The summed E-state index contributed by atoms with van der Waals surface area (Å²) in [4.78, 5) is 0. The van der Waals surface area contributed by atoms with Gasteiger partial charge in [0.05, 0.1) is 0 Å². The van der Waals surface area contributed by atoms with E-state index in [1.54, 1.807) is 0 Å². The molecule has 0 saturated heterocycles. The fraction of sp³-hybridized carbons (Fsp3) is 1.00. The molecule has 0 bridgehead atoms. The summed E-state index contributed by atoms with van der Waals surface area (Å²) in [5, 5.41) is 0. The van der Waals surface area contributed by atoms with Gasteiger partial charge in [-0.25, -0.2) is 0 Å². The van der Waals surface area contributed by atoms with Gasteiger partial charge in [-0.3, -0.25) is 0 Å². The van der Waals surface area contributed by atoms with Crippen molar-refractivity contribution in [1.29, 1.82) is 0 Å². The third-order valence-corrected chi connectivity index (χ3v) is 8.28. The summed E-state index contributed by atoms with van der Waals surface area (Å²) >= 11 is 0. The molecule has 0 fully saturated rings. The molecule has 224 valence electrons. The minimum Gasteiger partial charge on any atom is -0.381 e. The average Bonchev–Trinajstić information content (AvgIpc) is 2.91. The van der Waals surface area contributed by atoms with E-state index >= 15 is 0 Å². The van der Waals surface area contributed by atoms with Gasteiger partial charge < -0.3 is 4.74 Å². The van der Waals surface area contributed by atoms with Crippen LogP contribution in [0.4, 0.5) is 0 Å². The molecule has 0 aliphatic rings. The van der Waals surface area contributed by atoms with Crippen molar-refractivity contribution in [3.05, 3.63) is 0 Å². The van der Waals surface area contributed by atoms with Crippen molar-refractivity contribution in [2.75, 3.05) is 13.2 Å². The molecule has 0 saturated carbocycles. The first-order chi connectivity index (χ1) is 18.4. The molecule has 0 aromatic heterocycles. The number of unbranched alkanes of at least 4 members (excludes halogenated alkanes) is 30. The minimum atomic E-state index is 0.997. The lowest BCUT2D eigenvalue weighted by Gasteiger charge is -2.06. The van der Waals surface area contributed by atoms with Crippen LogP contribution in [-0.4, -0.2) is 13.2 Å². The maximum atomic E-state index is 5.87. The summed E-state index contributed by atoms with van der Waals surface area (Å²) in [5.74, 6) is 0. The molecule has 0 aromatic rings. The van der Waals surface area contributed by atoms with E-state index in [-0.39, 0.29) is 0 Å². The van der Waals surface area contributed by atoms with Crippen molar-refractivity contribution in [3.63, 3.8) is 0 Å². The van der Waals surface area contributed by atoms with Gasteiger partial charge in [-0.05, 0) is 12.8 Å². The Labute approximate surface area is 237 Å². The standard InChI is InChI=1S/C36H74O/c1-3-5-7-9-11-13-15-17-19-20-21-22-24-26-28-30-32-34-36-37-35-33-31-29-27-25-23-18-16-14-12-10-8-6-4-2/h3-36H2,1-2H3. The Morgan fingerprint density at radius 2 is 0.378 bits per heavy atom. The third-order valence-electron chi connectivity index (χ3n) is 8.28. The van der Waals surface area contributed by atoms with Gasteiger partial charge in [0, 0.05) is 13.2 Å². The van der Waals surface area contributed by atoms with Crippen LogP contribution in [0, 0.1) is 0 Å². The Hall–Kier alpha value is -0.0400. The highest BCUT2D eigenvalue weighted by molar-refractivity contribution is 4.52. The van der Waals surface area contributed by atoms with Gasteiger partial charge in [-0.15, -0.1) is 0 Å².